The van der Waals surface area contributed by atoms with E-state index in [2.05, 4.69) is 10.2 Å². The molecular weight excluding hydrogens is 278 g/mol. The Morgan fingerprint density at radius 2 is 1.41 bits per heavy atom. The minimum atomic E-state index is -0.320. The van der Waals surface area contributed by atoms with Crippen molar-refractivity contribution in [2.45, 2.75) is 0 Å². The number of H-pyrrole nitrogens is 1. The average Bonchev–Trinajstić information content (AvgIpc) is 3.13. The van der Waals surface area contributed by atoms with Crippen molar-refractivity contribution in [1.82, 2.24) is 10.2 Å². The van der Waals surface area contributed by atoms with Crippen molar-refractivity contribution >= 4 is 17.5 Å². The highest BCUT2D eigenvalue weighted by Gasteiger charge is 2.38. The molecule has 0 spiro atoms. The Morgan fingerprint density at radius 3 is 2.05 bits per heavy atom. The summed E-state index contributed by atoms with van der Waals surface area (Å²) in [5, 5.41) is 6.87. The van der Waals surface area contributed by atoms with Gasteiger partial charge in [-0.25, -0.2) is 4.90 Å². The summed E-state index contributed by atoms with van der Waals surface area (Å²) in [6, 6.07) is 16.3. The van der Waals surface area contributed by atoms with E-state index in [1.54, 1.807) is 24.3 Å². The molecule has 0 fully saturated rings. The lowest BCUT2D eigenvalue weighted by atomic mass is 10.1. The van der Waals surface area contributed by atoms with Gasteiger partial charge < -0.3 is 0 Å². The van der Waals surface area contributed by atoms with Crippen LogP contribution in [0, 0.1) is 0 Å². The van der Waals surface area contributed by atoms with Crippen LogP contribution in [0.25, 0.3) is 11.3 Å². The van der Waals surface area contributed by atoms with Gasteiger partial charge in [0.15, 0.2) is 0 Å². The smallest absolute Gasteiger partial charge is 0.266 e. The van der Waals surface area contributed by atoms with E-state index in [-0.39, 0.29) is 11.8 Å². The van der Waals surface area contributed by atoms with Crippen LogP contribution in [0.15, 0.2) is 60.8 Å². The number of imide groups is 1. The van der Waals surface area contributed by atoms with Crippen molar-refractivity contribution in [3.8, 4) is 11.3 Å². The summed E-state index contributed by atoms with van der Waals surface area (Å²) >= 11 is 0. The zero-order valence-corrected chi connectivity index (χ0v) is 11.5. The number of fused-ring (bicyclic) bond motifs is 1. The van der Waals surface area contributed by atoms with Gasteiger partial charge in [-0.1, -0.05) is 42.5 Å². The van der Waals surface area contributed by atoms with Crippen LogP contribution in [0.2, 0.25) is 0 Å². The fourth-order valence-electron chi connectivity index (χ4n) is 2.67. The van der Waals surface area contributed by atoms with Gasteiger partial charge in [0.05, 0.1) is 28.7 Å². The van der Waals surface area contributed by atoms with E-state index in [0.717, 1.165) is 5.56 Å². The standard InChI is InChI=1S/C17H11N3O2/c21-16-12-8-4-5-9-13(12)17(22)20(16)14-10-18-19-15(14)11-6-2-1-3-7-11/h1-10H,(H,18,19). The van der Waals surface area contributed by atoms with Crippen molar-refractivity contribution in [2.24, 2.45) is 0 Å². The molecule has 2 heterocycles. The molecule has 1 aliphatic rings. The van der Waals surface area contributed by atoms with Gasteiger partial charge in [0.1, 0.15) is 0 Å². The molecule has 0 aliphatic carbocycles. The Kier molecular flexibility index (Phi) is 2.66. The molecule has 5 heteroatoms. The van der Waals surface area contributed by atoms with Gasteiger partial charge in [-0.05, 0) is 12.1 Å². The van der Waals surface area contributed by atoms with Crippen LogP contribution in [0.3, 0.4) is 0 Å². The summed E-state index contributed by atoms with van der Waals surface area (Å²) in [5.41, 5.74) is 2.83. The van der Waals surface area contributed by atoms with Crippen molar-refractivity contribution < 1.29 is 9.59 Å². The van der Waals surface area contributed by atoms with Crippen LogP contribution >= 0.6 is 0 Å². The highest BCUT2D eigenvalue weighted by atomic mass is 16.2. The lowest BCUT2D eigenvalue weighted by Gasteiger charge is -2.13. The first-order valence-corrected chi connectivity index (χ1v) is 6.84. The molecule has 1 aromatic heterocycles. The monoisotopic (exact) mass is 289 g/mol. The van der Waals surface area contributed by atoms with E-state index in [1.807, 2.05) is 30.3 Å². The molecule has 22 heavy (non-hydrogen) atoms. The summed E-state index contributed by atoms with van der Waals surface area (Å²) in [6.07, 6.45) is 1.50. The minimum Gasteiger partial charge on any atom is -0.276 e. The molecule has 1 N–H and O–H groups in total. The fourth-order valence-corrected chi connectivity index (χ4v) is 2.67. The highest BCUT2D eigenvalue weighted by molar-refractivity contribution is 6.35. The number of carbonyl (C=O) groups excluding carboxylic acids is 2. The quantitative estimate of drug-likeness (QED) is 0.738. The molecule has 5 nitrogen and oxygen atoms in total. The number of aromatic amines is 1. The lowest BCUT2D eigenvalue weighted by molar-refractivity contribution is 0.0926. The average molecular weight is 289 g/mol. The van der Waals surface area contributed by atoms with Gasteiger partial charge in [-0.3, -0.25) is 14.7 Å². The molecular formula is C17H11N3O2. The van der Waals surface area contributed by atoms with E-state index >= 15 is 0 Å². The zero-order chi connectivity index (χ0) is 15.1. The van der Waals surface area contributed by atoms with Gasteiger partial charge in [0.25, 0.3) is 11.8 Å². The summed E-state index contributed by atoms with van der Waals surface area (Å²) < 4.78 is 0. The van der Waals surface area contributed by atoms with Crippen LogP contribution in [0.1, 0.15) is 20.7 Å². The van der Waals surface area contributed by atoms with Crippen molar-refractivity contribution in [2.75, 3.05) is 4.90 Å². The van der Waals surface area contributed by atoms with Gasteiger partial charge in [0, 0.05) is 5.56 Å². The number of anilines is 1. The Morgan fingerprint density at radius 1 is 0.818 bits per heavy atom. The predicted molar refractivity (Wildman–Crippen MR) is 81.6 cm³/mol. The second-order valence-electron chi connectivity index (χ2n) is 4.99. The SMILES string of the molecule is O=C1c2ccccc2C(=O)N1c1cn[nH]c1-c1ccccc1. The number of amides is 2. The molecule has 106 valence electrons. The van der Waals surface area contributed by atoms with E-state index in [9.17, 15) is 9.59 Å². The Labute approximate surface area is 126 Å². The summed E-state index contributed by atoms with van der Waals surface area (Å²) in [5.74, 6) is -0.640. The maximum Gasteiger partial charge on any atom is 0.266 e. The number of aromatic nitrogens is 2. The van der Waals surface area contributed by atoms with Gasteiger partial charge in [-0.2, -0.15) is 5.10 Å². The van der Waals surface area contributed by atoms with Crippen molar-refractivity contribution in [3.63, 3.8) is 0 Å². The van der Waals surface area contributed by atoms with Gasteiger partial charge >= 0.3 is 0 Å². The van der Waals surface area contributed by atoms with Crippen LogP contribution in [0.4, 0.5) is 5.69 Å². The number of benzene rings is 2. The summed E-state index contributed by atoms with van der Waals surface area (Å²) in [4.78, 5) is 26.3. The normalized spacial score (nSPS) is 13.5. The molecule has 2 amide bonds. The van der Waals surface area contributed by atoms with Crippen LogP contribution in [-0.2, 0) is 0 Å². The van der Waals surface area contributed by atoms with Crippen molar-refractivity contribution in [3.05, 3.63) is 71.9 Å². The number of rotatable bonds is 2. The zero-order valence-electron chi connectivity index (χ0n) is 11.5. The molecule has 0 saturated carbocycles. The Hall–Kier alpha value is -3.21. The highest BCUT2D eigenvalue weighted by Crippen LogP contribution is 2.34. The third-order valence-corrected chi connectivity index (χ3v) is 3.72. The van der Waals surface area contributed by atoms with E-state index in [4.69, 9.17) is 0 Å². The summed E-state index contributed by atoms with van der Waals surface area (Å²) in [6.45, 7) is 0. The molecule has 0 unspecified atom stereocenters. The molecule has 1 aliphatic heterocycles. The number of nitrogens with one attached hydrogen (secondary N) is 1. The van der Waals surface area contributed by atoms with Gasteiger partial charge in [-0.15, -0.1) is 0 Å². The van der Waals surface area contributed by atoms with Crippen molar-refractivity contribution in [1.29, 1.82) is 0 Å². The minimum absolute atomic E-state index is 0.320. The molecule has 2 aromatic carbocycles. The topological polar surface area (TPSA) is 66.1 Å². The first-order valence-electron chi connectivity index (χ1n) is 6.84. The molecule has 4 rings (SSSR count). The Bertz CT molecular complexity index is 849. The van der Waals surface area contributed by atoms with E-state index in [1.165, 1.54) is 11.1 Å². The number of carbonyl (C=O) groups is 2. The second kappa shape index (κ2) is 4.66. The van der Waals surface area contributed by atoms with Crippen LogP contribution < -0.4 is 4.90 Å². The van der Waals surface area contributed by atoms with Gasteiger partial charge in [0.2, 0.25) is 0 Å². The third kappa shape index (κ3) is 1.69. The first-order chi connectivity index (χ1) is 10.8. The molecule has 0 atom stereocenters. The Balaban J connectivity index is 1.84. The second-order valence-corrected chi connectivity index (χ2v) is 4.99. The predicted octanol–water partition coefficient (Wildman–Crippen LogP) is 2.88. The number of nitrogens with zero attached hydrogens (tertiary/aromatic N) is 2. The van der Waals surface area contributed by atoms with E-state index < -0.39 is 0 Å². The number of hydrogen-bond acceptors (Lipinski definition) is 3. The molecule has 0 saturated heterocycles. The maximum atomic E-state index is 12.6. The fraction of sp³-hybridized carbons (Fsp3) is 0. The maximum absolute atomic E-state index is 12.6. The van der Waals surface area contributed by atoms with E-state index in [0.29, 0.717) is 22.5 Å². The first kappa shape index (κ1) is 12.5. The largest absolute Gasteiger partial charge is 0.276 e. The van der Waals surface area contributed by atoms with Crippen LogP contribution in [0.5, 0.6) is 0 Å². The lowest BCUT2D eigenvalue weighted by Crippen LogP contribution is -2.29. The number of hydrogen-bond donors (Lipinski definition) is 1. The molecule has 3 aromatic rings. The molecule has 0 radical (unpaired) electrons. The third-order valence-electron chi connectivity index (χ3n) is 3.72. The summed E-state index contributed by atoms with van der Waals surface area (Å²) in [7, 11) is 0. The molecule has 0 bridgehead atoms. The van der Waals surface area contributed by atoms with Crippen LogP contribution in [-0.4, -0.2) is 22.0 Å².